The third-order valence-electron chi connectivity index (χ3n) is 5.77. The standard InChI is InChI=1S/C21H27N5/c1-16-17(2)26(10-9-18-7-5-4-6-8-18)21-19(16)20(22-15-23-21)25-13-11-24(3)12-14-25/h4-8,15H,9-14H2,1-3H3/p+1. The van der Waals surface area contributed by atoms with Crippen LogP contribution in [0.25, 0.3) is 11.0 Å². The third kappa shape index (κ3) is 3.07. The van der Waals surface area contributed by atoms with E-state index in [9.17, 15) is 0 Å². The van der Waals surface area contributed by atoms with Gasteiger partial charge in [0.1, 0.15) is 17.8 Å². The molecule has 0 amide bonds. The molecule has 0 radical (unpaired) electrons. The van der Waals surface area contributed by atoms with Gasteiger partial charge in [-0.2, -0.15) is 0 Å². The molecule has 1 aromatic carbocycles. The molecule has 3 heterocycles. The van der Waals surface area contributed by atoms with Gasteiger partial charge < -0.3 is 14.4 Å². The van der Waals surface area contributed by atoms with Crippen LogP contribution in [-0.2, 0) is 13.0 Å². The van der Waals surface area contributed by atoms with Gasteiger partial charge in [-0.1, -0.05) is 30.3 Å². The van der Waals surface area contributed by atoms with Gasteiger partial charge in [-0.05, 0) is 31.4 Å². The van der Waals surface area contributed by atoms with Crippen LogP contribution in [0.4, 0.5) is 5.82 Å². The van der Waals surface area contributed by atoms with Crippen LogP contribution < -0.4 is 9.80 Å². The maximum absolute atomic E-state index is 4.68. The van der Waals surface area contributed by atoms with Crippen molar-refractivity contribution in [2.75, 3.05) is 38.1 Å². The minimum atomic E-state index is 0.948. The Bertz CT molecular complexity index is 892. The van der Waals surface area contributed by atoms with E-state index in [1.807, 2.05) is 0 Å². The molecule has 4 rings (SSSR count). The molecule has 0 bridgehead atoms. The lowest BCUT2D eigenvalue weighted by molar-refractivity contribution is -0.880. The molecule has 5 nitrogen and oxygen atoms in total. The molecule has 3 aromatic rings. The summed E-state index contributed by atoms with van der Waals surface area (Å²) >= 11 is 0. The first-order valence-electron chi connectivity index (χ1n) is 9.55. The molecule has 0 unspecified atom stereocenters. The molecule has 0 spiro atoms. The van der Waals surface area contributed by atoms with Crippen molar-refractivity contribution in [3.8, 4) is 0 Å². The average molecular weight is 350 g/mol. The summed E-state index contributed by atoms with van der Waals surface area (Å²) in [5, 5.41) is 1.23. The normalized spacial score (nSPS) is 15.7. The number of aromatic nitrogens is 3. The van der Waals surface area contributed by atoms with Gasteiger partial charge in [0.05, 0.1) is 38.6 Å². The van der Waals surface area contributed by atoms with Crippen molar-refractivity contribution in [3.63, 3.8) is 0 Å². The molecule has 5 heteroatoms. The number of anilines is 1. The van der Waals surface area contributed by atoms with Crippen molar-refractivity contribution < 1.29 is 4.90 Å². The van der Waals surface area contributed by atoms with Crippen molar-refractivity contribution in [2.45, 2.75) is 26.8 Å². The summed E-state index contributed by atoms with van der Waals surface area (Å²) in [5.74, 6) is 1.11. The summed E-state index contributed by atoms with van der Waals surface area (Å²) < 4.78 is 2.37. The Hall–Kier alpha value is -2.40. The Morgan fingerprint density at radius 2 is 1.77 bits per heavy atom. The Morgan fingerprint density at radius 1 is 1.04 bits per heavy atom. The second kappa shape index (κ2) is 7.08. The Kier molecular flexibility index (Phi) is 4.64. The van der Waals surface area contributed by atoms with Crippen molar-refractivity contribution in [3.05, 3.63) is 53.5 Å². The van der Waals surface area contributed by atoms with Crippen LogP contribution in [0.5, 0.6) is 0 Å². The monoisotopic (exact) mass is 350 g/mol. The zero-order valence-electron chi connectivity index (χ0n) is 16.0. The summed E-state index contributed by atoms with van der Waals surface area (Å²) in [5.41, 5.74) is 5.06. The predicted molar refractivity (Wildman–Crippen MR) is 106 cm³/mol. The Morgan fingerprint density at radius 3 is 2.50 bits per heavy atom. The first-order chi connectivity index (χ1) is 12.6. The minimum absolute atomic E-state index is 0.948. The molecular formula is C21H28N5+. The molecule has 26 heavy (non-hydrogen) atoms. The molecule has 2 aromatic heterocycles. The van der Waals surface area contributed by atoms with Gasteiger partial charge in [0.15, 0.2) is 0 Å². The zero-order chi connectivity index (χ0) is 18.1. The lowest BCUT2D eigenvalue weighted by Gasteiger charge is -2.31. The molecule has 0 saturated carbocycles. The smallest absolute Gasteiger partial charge is 0.145 e. The van der Waals surface area contributed by atoms with Crippen molar-refractivity contribution in [1.29, 1.82) is 0 Å². The van der Waals surface area contributed by atoms with Crippen molar-refractivity contribution >= 4 is 16.9 Å². The van der Waals surface area contributed by atoms with Gasteiger partial charge in [0.25, 0.3) is 0 Å². The summed E-state index contributed by atoms with van der Waals surface area (Å²) in [7, 11) is 2.27. The molecule has 1 aliphatic heterocycles. The van der Waals surface area contributed by atoms with E-state index in [1.165, 1.54) is 22.2 Å². The van der Waals surface area contributed by atoms with Crippen LogP contribution in [0, 0.1) is 13.8 Å². The molecule has 0 aliphatic carbocycles. The Labute approximate surface area is 155 Å². The Balaban J connectivity index is 1.69. The number of fused-ring (bicyclic) bond motifs is 1. The van der Waals surface area contributed by atoms with Crippen molar-refractivity contribution in [2.24, 2.45) is 0 Å². The summed E-state index contributed by atoms with van der Waals surface area (Å²) in [4.78, 5) is 13.4. The average Bonchev–Trinajstić information content (AvgIpc) is 2.92. The molecule has 136 valence electrons. The molecule has 1 fully saturated rings. The van der Waals surface area contributed by atoms with Crippen LogP contribution in [0.3, 0.4) is 0 Å². The highest BCUT2D eigenvalue weighted by atomic mass is 15.3. The molecule has 0 atom stereocenters. The largest absolute Gasteiger partial charge is 0.345 e. The molecule has 1 N–H and O–H groups in total. The van der Waals surface area contributed by atoms with E-state index in [4.69, 9.17) is 0 Å². The van der Waals surface area contributed by atoms with Crippen molar-refractivity contribution in [1.82, 2.24) is 14.5 Å². The number of nitrogens with zero attached hydrogens (tertiary/aromatic N) is 4. The van der Waals surface area contributed by atoms with Crippen LogP contribution >= 0.6 is 0 Å². The van der Waals surface area contributed by atoms with E-state index in [0.29, 0.717) is 0 Å². The molecular weight excluding hydrogens is 322 g/mol. The third-order valence-corrected chi connectivity index (χ3v) is 5.77. The lowest BCUT2D eigenvalue weighted by atomic mass is 10.1. The number of hydrogen-bond acceptors (Lipinski definition) is 3. The summed E-state index contributed by atoms with van der Waals surface area (Å²) in [6.45, 7) is 9.82. The highest BCUT2D eigenvalue weighted by Gasteiger charge is 2.23. The van der Waals surface area contributed by atoms with Gasteiger partial charge in [0.2, 0.25) is 0 Å². The minimum Gasteiger partial charge on any atom is -0.345 e. The fourth-order valence-electron chi connectivity index (χ4n) is 3.95. The number of hydrogen-bond donors (Lipinski definition) is 1. The van der Waals surface area contributed by atoms with Gasteiger partial charge in [0, 0.05) is 12.2 Å². The number of nitrogens with one attached hydrogen (secondary N) is 1. The number of aryl methyl sites for hydroxylation is 3. The second-order valence-corrected chi connectivity index (χ2v) is 7.44. The van der Waals surface area contributed by atoms with Gasteiger partial charge >= 0.3 is 0 Å². The van der Waals surface area contributed by atoms with E-state index >= 15 is 0 Å². The topological polar surface area (TPSA) is 38.4 Å². The van der Waals surface area contributed by atoms with Crippen LogP contribution in [-0.4, -0.2) is 47.8 Å². The first-order valence-corrected chi connectivity index (χ1v) is 9.55. The fourth-order valence-corrected chi connectivity index (χ4v) is 3.95. The quantitative estimate of drug-likeness (QED) is 0.777. The van der Waals surface area contributed by atoms with Crippen LogP contribution in [0.15, 0.2) is 36.7 Å². The van der Waals surface area contributed by atoms with E-state index in [1.54, 1.807) is 11.2 Å². The summed E-state index contributed by atoms with van der Waals surface area (Å²) in [6, 6.07) is 10.7. The van der Waals surface area contributed by atoms with E-state index in [-0.39, 0.29) is 0 Å². The maximum Gasteiger partial charge on any atom is 0.145 e. The molecule has 1 saturated heterocycles. The first kappa shape index (κ1) is 17.0. The van der Waals surface area contributed by atoms with Gasteiger partial charge in [-0.25, -0.2) is 9.97 Å². The van der Waals surface area contributed by atoms with E-state index in [0.717, 1.165) is 50.6 Å². The number of quaternary nitrogens is 1. The highest BCUT2D eigenvalue weighted by molar-refractivity contribution is 5.92. The van der Waals surface area contributed by atoms with Gasteiger partial charge in [-0.15, -0.1) is 0 Å². The van der Waals surface area contributed by atoms with E-state index in [2.05, 4.69) is 70.7 Å². The van der Waals surface area contributed by atoms with Crippen LogP contribution in [0.1, 0.15) is 16.8 Å². The van der Waals surface area contributed by atoms with E-state index < -0.39 is 0 Å². The predicted octanol–water partition coefficient (Wildman–Crippen LogP) is 1.63. The maximum atomic E-state index is 4.68. The number of benzene rings is 1. The second-order valence-electron chi connectivity index (χ2n) is 7.44. The van der Waals surface area contributed by atoms with Crippen LogP contribution in [0.2, 0.25) is 0 Å². The fraction of sp³-hybridized carbons (Fsp3) is 0.429. The highest BCUT2D eigenvalue weighted by Crippen LogP contribution is 2.31. The molecule has 1 aliphatic rings. The number of likely N-dealkylation sites (N-methyl/N-ethyl adjacent to an activating group) is 1. The van der Waals surface area contributed by atoms with Gasteiger partial charge in [-0.3, -0.25) is 0 Å². The SMILES string of the molecule is Cc1c(C)n(CCc2ccccc2)c2ncnc(N3CC[NH+](C)CC3)c12. The lowest BCUT2D eigenvalue weighted by Crippen LogP contribution is -3.12. The number of piperazine rings is 1. The zero-order valence-corrected chi connectivity index (χ0v) is 16.0. The number of rotatable bonds is 4. The summed E-state index contributed by atoms with van der Waals surface area (Å²) in [6.07, 6.45) is 2.75.